The zero-order valence-electron chi connectivity index (χ0n) is 9.50. The molecule has 2 N–H and O–H groups in total. The van der Waals surface area contributed by atoms with Gasteiger partial charge in [0.25, 0.3) is 0 Å². The molecule has 3 heteroatoms. The fraction of sp³-hybridized carbons (Fsp3) is 1.00. The van der Waals surface area contributed by atoms with Gasteiger partial charge in [0.1, 0.15) is 0 Å². The van der Waals surface area contributed by atoms with Gasteiger partial charge in [0.15, 0.2) is 0 Å². The third-order valence-corrected chi connectivity index (χ3v) is 2.98. The minimum Gasteiger partial charge on any atom is -0.390 e. The summed E-state index contributed by atoms with van der Waals surface area (Å²) in [5.74, 6) is 0.872. The summed E-state index contributed by atoms with van der Waals surface area (Å²) < 4.78 is 0. The molecule has 0 aromatic heterocycles. The van der Waals surface area contributed by atoms with Crippen molar-refractivity contribution >= 4 is 0 Å². The molecule has 1 saturated heterocycles. The van der Waals surface area contributed by atoms with Gasteiger partial charge in [-0.25, -0.2) is 0 Å². The minimum absolute atomic E-state index is 0.205. The molecule has 0 unspecified atom stereocenters. The van der Waals surface area contributed by atoms with Crippen LogP contribution < -0.4 is 5.32 Å². The summed E-state index contributed by atoms with van der Waals surface area (Å²) in [6.45, 7) is 9.19. The quantitative estimate of drug-likeness (QED) is 0.685. The minimum atomic E-state index is -0.205. The van der Waals surface area contributed by atoms with Crippen LogP contribution in [0.25, 0.3) is 0 Å². The molecule has 0 spiro atoms. The molecule has 84 valence electrons. The highest BCUT2D eigenvalue weighted by Crippen LogP contribution is 2.15. The molecule has 1 heterocycles. The number of likely N-dealkylation sites (tertiary alicyclic amines) is 1. The Kier molecular flexibility index (Phi) is 5.45. The Bertz CT molecular complexity index is 144. The van der Waals surface area contributed by atoms with Crippen LogP contribution in [0.3, 0.4) is 0 Å². The second-order valence-corrected chi connectivity index (χ2v) is 4.44. The lowest BCUT2D eigenvalue weighted by Gasteiger charge is -2.31. The van der Waals surface area contributed by atoms with E-state index in [0.29, 0.717) is 0 Å². The molecular formula is C11H24N2O. The standard InChI is InChI=1S/C11H24N2O/c1-3-12-8-11(14)9-13-6-4-10(2)5-7-13/h10-12,14H,3-9H2,1-2H3/t11-/m0/s1. The summed E-state index contributed by atoms with van der Waals surface area (Å²) in [6, 6.07) is 0. The van der Waals surface area contributed by atoms with E-state index in [1.54, 1.807) is 0 Å². The van der Waals surface area contributed by atoms with Crippen molar-refractivity contribution in [3.63, 3.8) is 0 Å². The third-order valence-electron chi connectivity index (χ3n) is 2.98. The molecule has 14 heavy (non-hydrogen) atoms. The second kappa shape index (κ2) is 6.38. The van der Waals surface area contributed by atoms with Crippen LogP contribution in [-0.4, -0.2) is 48.8 Å². The maximum atomic E-state index is 9.69. The van der Waals surface area contributed by atoms with E-state index in [1.165, 1.54) is 12.8 Å². The first-order valence-corrected chi connectivity index (χ1v) is 5.83. The van der Waals surface area contributed by atoms with Crippen molar-refractivity contribution in [2.75, 3.05) is 32.7 Å². The molecule has 0 aromatic carbocycles. The summed E-state index contributed by atoms with van der Waals surface area (Å²) in [5, 5.41) is 12.9. The number of nitrogens with zero attached hydrogens (tertiary/aromatic N) is 1. The highest BCUT2D eigenvalue weighted by atomic mass is 16.3. The van der Waals surface area contributed by atoms with Crippen molar-refractivity contribution in [2.24, 2.45) is 5.92 Å². The number of aliphatic hydroxyl groups is 1. The number of nitrogens with one attached hydrogen (secondary N) is 1. The van der Waals surface area contributed by atoms with E-state index in [9.17, 15) is 5.11 Å². The first-order valence-electron chi connectivity index (χ1n) is 5.83. The molecule has 0 amide bonds. The van der Waals surface area contributed by atoms with E-state index in [-0.39, 0.29) is 6.10 Å². The van der Waals surface area contributed by atoms with Crippen molar-refractivity contribution in [1.29, 1.82) is 0 Å². The molecule has 1 aliphatic heterocycles. The van der Waals surface area contributed by atoms with Crippen LogP contribution in [0, 0.1) is 5.92 Å². The zero-order chi connectivity index (χ0) is 10.4. The summed E-state index contributed by atoms with van der Waals surface area (Å²) in [6.07, 6.45) is 2.37. The normalized spacial score (nSPS) is 22.5. The number of rotatable bonds is 5. The molecule has 3 nitrogen and oxygen atoms in total. The third kappa shape index (κ3) is 4.40. The number of piperidine rings is 1. The number of hydrogen-bond donors (Lipinski definition) is 2. The number of aliphatic hydroxyl groups excluding tert-OH is 1. The Hall–Kier alpha value is -0.120. The lowest BCUT2D eigenvalue weighted by Crippen LogP contribution is -2.41. The van der Waals surface area contributed by atoms with Crippen molar-refractivity contribution in [2.45, 2.75) is 32.8 Å². The zero-order valence-corrected chi connectivity index (χ0v) is 9.50. The first kappa shape index (κ1) is 12.0. The van der Waals surface area contributed by atoms with Gasteiger partial charge in [0.05, 0.1) is 6.10 Å². The number of β-amino-alcohol motifs (C(OH)–C–C–N with tert-alkyl or cyclic N) is 1. The highest BCUT2D eigenvalue weighted by molar-refractivity contribution is 4.72. The van der Waals surface area contributed by atoms with Gasteiger partial charge in [-0.15, -0.1) is 0 Å². The lowest BCUT2D eigenvalue weighted by atomic mass is 9.99. The van der Waals surface area contributed by atoms with Crippen LogP contribution in [0.2, 0.25) is 0 Å². The molecule has 0 saturated carbocycles. The summed E-state index contributed by atoms with van der Waals surface area (Å²) in [4.78, 5) is 2.38. The monoisotopic (exact) mass is 200 g/mol. The van der Waals surface area contributed by atoms with E-state index in [0.717, 1.165) is 38.6 Å². The van der Waals surface area contributed by atoms with Crippen LogP contribution >= 0.6 is 0 Å². The van der Waals surface area contributed by atoms with Gasteiger partial charge in [-0.05, 0) is 38.4 Å². The van der Waals surface area contributed by atoms with E-state index in [1.807, 2.05) is 0 Å². The highest BCUT2D eigenvalue weighted by Gasteiger charge is 2.17. The average Bonchev–Trinajstić information content (AvgIpc) is 2.18. The molecule has 1 fully saturated rings. The van der Waals surface area contributed by atoms with Crippen molar-refractivity contribution in [3.8, 4) is 0 Å². The Morgan fingerprint density at radius 2 is 2.07 bits per heavy atom. The van der Waals surface area contributed by atoms with Crippen LogP contribution in [0.5, 0.6) is 0 Å². The molecule has 0 aromatic rings. The Morgan fingerprint density at radius 1 is 1.43 bits per heavy atom. The van der Waals surface area contributed by atoms with Gasteiger partial charge in [0, 0.05) is 13.1 Å². The predicted molar refractivity (Wildman–Crippen MR) is 59.4 cm³/mol. The van der Waals surface area contributed by atoms with Gasteiger partial charge in [0.2, 0.25) is 0 Å². The van der Waals surface area contributed by atoms with Crippen LogP contribution in [-0.2, 0) is 0 Å². The molecule has 1 aliphatic rings. The van der Waals surface area contributed by atoms with Crippen molar-refractivity contribution < 1.29 is 5.11 Å². The number of likely N-dealkylation sites (N-methyl/N-ethyl adjacent to an activating group) is 1. The van der Waals surface area contributed by atoms with E-state index >= 15 is 0 Å². The van der Waals surface area contributed by atoms with Crippen LogP contribution in [0.4, 0.5) is 0 Å². The first-order chi connectivity index (χ1) is 6.72. The molecule has 1 atom stereocenters. The van der Waals surface area contributed by atoms with Gasteiger partial charge < -0.3 is 15.3 Å². The van der Waals surface area contributed by atoms with E-state index in [2.05, 4.69) is 24.1 Å². The molecule has 0 bridgehead atoms. The molecule has 0 radical (unpaired) electrons. The van der Waals surface area contributed by atoms with Gasteiger partial charge in [-0.1, -0.05) is 13.8 Å². The number of hydrogen-bond acceptors (Lipinski definition) is 3. The predicted octanol–water partition coefficient (Wildman–Crippen LogP) is 0.689. The maximum Gasteiger partial charge on any atom is 0.0791 e. The van der Waals surface area contributed by atoms with Gasteiger partial charge in [-0.2, -0.15) is 0 Å². The van der Waals surface area contributed by atoms with Crippen LogP contribution in [0.15, 0.2) is 0 Å². The lowest BCUT2D eigenvalue weighted by molar-refractivity contribution is 0.0912. The largest absolute Gasteiger partial charge is 0.390 e. The van der Waals surface area contributed by atoms with Crippen LogP contribution in [0.1, 0.15) is 26.7 Å². The smallest absolute Gasteiger partial charge is 0.0791 e. The van der Waals surface area contributed by atoms with E-state index < -0.39 is 0 Å². The van der Waals surface area contributed by atoms with Gasteiger partial charge in [-0.3, -0.25) is 0 Å². The Balaban J connectivity index is 2.10. The fourth-order valence-electron chi connectivity index (χ4n) is 1.92. The van der Waals surface area contributed by atoms with Gasteiger partial charge >= 0.3 is 0 Å². The summed E-state index contributed by atoms with van der Waals surface area (Å²) in [5.41, 5.74) is 0. The van der Waals surface area contributed by atoms with E-state index in [4.69, 9.17) is 0 Å². The Labute approximate surface area is 87.5 Å². The van der Waals surface area contributed by atoms with Crippen molar-refractivity contribution in [1.82, 2.24) is 10.2 Å². The van der Waals surface area contributed by atoms with Crippen molar-refractivity contribution in [3.05, 3.63) is 0 Å². The summed E-state index contributed by atoms with van der Waals surface area (Å²) >= 11 is 0. The molecule has 1 rings (SSSR count). The average molecular weight is 200 g/mol. The maximum absolute atomic E-state index is 9.69. The Morgan fingerprint density at radius 3 is 2.64 bits per heavy atom. The molecule has 0 aliphatic carbocycles. The topological polar surface area (TPSA) is 35.5 Å². The fourth-order valence-corrected chi connectivity index (χ4v) is 1.92. The SMILES string of the molecule is CCNC[C@H](O)CN1CCC(C)CC1. The second-order valence-electron chi connectivity index (χ2n) is 4.44. The molecular weight excluding hydrogens is 176 g/mol. The summed E-state index contributed by atoms with van der Waals surface area (Å²) in [7, 11) is 0.